The Labute approximate surface area is 117 Å². The maximum atomic E-state index is 12.3. The number of methoxy groups -OCH3 is 1. The molecule has 2 fully saturated rings. The third-order valence-corrected chi connectivity index (χ3v) is 4.92. The van der Waals surface area contributed by atoms with Gasteiger partial charge in [0.25, 0.3) is 5.91 Å². The van der Waals surface area contributed by atoms with Crippen molar-refractivity contribution in [2.45, 2.75) is 31.0 Å². The van der Waals surface area contributed by atoms with E-state index in [2.05, 4.69) is 0 Å². The van der Waals surface area contributed by atoms with Gasteiger partial charge < -0.3 is 14.4 Å². The smallest absolute Gasteiger partial charge is 0.254 e. The van der Waals surface area contributed by atoms with Gasteiger partial charge in [-0.25, -0.2) is 0 Å². The van der Waals surface area contributed by atoms with E-state index in [1.807, 2.05) is 21.7 Å². The van der Waals surface area contributed by atoms with Gasteiger partial charge in [0, 0.05) is 32.0 Å². The molecule has 5 heteroatoms. The van der Waals surface area contributed by atoms with E-state index in [4.69, 9.17) is 9.47 Å². The van der Waals surface area contributed by atoms with Crippen LogP contribution >= 0.6 is 11.3 Å². The molecule has 3 heterocycles. The summed E-state index contributed by atoms with van der Waals surface area (Å²) in [7, 11) is 1.74. The lowest BCUT2D eigenvalue weighted by molar-refractivity contribution is -0.0402. The molecular weight excluding hydrogens is 262 g/mol. The van der Waals surface area contributed by atoms with Gasteiger partial charge in [0.15, 0.2) is 0 Å². The van der Waals surface area contributed by atoms with Crippen LogP contribution in [-0.2, 0) is 9.47 Å². The van der Waals surface area contributed by atoms with Crippen LogP contribution in [0.2, 0.25) is 0 Å². The largest absolute Gasteiger partial charge is 0.379 e. The van der Waals surface area contributed by atoms with Crippen molar-refractivity contribution in [3.63, 3.8) is 0 Å². The van der Waals surface area contributed by atoms with Crippen molar-refractivity contribution in [1.82, 2.24) is 4.90 Å². The Kier molecular flexibility index (Phi) is 3.60. The number of ether oxygens (including phenoxy) is 2. The summed E-state index contributed by atoms with van der Waals surface area (Å²) in [6.45, 7) is 2.26. The number of nitrogens with zero attached hydrogens (tertiary/aromatic N) is 1. The molecular formula is C14H19NO3S. The maximum absolute atomic E-state index is 12.3. The fraction of sp³-hybridized carbons (Fsp3) is 0.643. The van der Waals surface area contributed by atoms with Crippen LogP contribution < -0.4 is 0 Å². The first-order valence-electron chi connectivity index (χ1n) is 6.71. The second-order valence-electron chi connectivity index (χ2n) is 5.36. The highest BCUT2D eigenvalue weighted by atomic mass is 32.1. The van der Waals surface area contributed by atoms with E-state index in [9.17, 15) is 4.79 Å². The molecule has 1 unspecified atom stereocenters. The minimum Gasteiger partial charge on any atom is -0.379 e. The highest BCUT2D eigenvalue weighted by Crippen LogP contribution is 2.37. The predicted molar refractivity (Wildman–Crippen MR) is 73.6 cm³/mol. The molecule has 0 saturated carbocycles. The van der Waals surface area contributed by atoms with E-state index >= 15 is 0 Å². The molecule has 1 aromatic heterocycles. The first-order valence-corrected chi connectivity index (χ1v) is 7.65. The molecule has 2 aliphatic rings. The molecule has 4 nitrogen and oxygen atoms in total. The molecule has 0 aromatic carbocycles. The molecule has 0 radical (unpaired) electrons. The molecule has 104 valence electrons. The highest BCUT2D eigenvalue weighted by Gasteiger charge is 2.43. The first-order chi connectivity index (χ1) is 9.22. The van der Waals surface area contributed by atoms with Gasteiger partial charge in [-0.2, -0.15) is 11.3 Å². The van der Waals surface area contributed by atoms with Crippen LogP contribution in [-0.4, -0.2) is 49.3 Å². The van der Waals surface area contributed by atoms with Crippen LogP contribution in [0.4, 0.5) is 0 Å². The molecule has 0 N–H and O–H groups in total. The molecule has 1 atom stereocenters. The lowest BCUT2D eigenvalue weighted by Gasteiger charge is -2.38. The molecule has 0 bridgehead atoms. The van der Waals surface area contributed by atoms with Crippen LogP contribution in [0.5, 0.6) is 0 Å². The molecule has 0 aliphatic carbocycles. The summed E-state index contributed by atoms with van der Waals surface area (Å²) < 4.78 is 11.3. The molecule has 3 rings (SSSR count). The third-order valence-electron chi connectivity index (χ3n) is 4.24. The summed E-state index contributed by atoms with van der Waals surface area (Å²) in [4.78, 5) is 14.2. The second-order valence-corrected chi connectivity index (χ2v) is 6.14. The quantitative estimate of drug-likeness (QED) is 0.834. The van der Waals surface area contributed by atoms with Crippen LogP contribution in [0, 0.1) is 0 Å². The number of carbonyl (C=O) groups is 1. The van der Waals surface area contributed by atoms with E-state index in [-0.39, 0.29) is 17.6 Å². The van der Waals surface area contributed by atoms with Gasteiger partial charge in [0.2, 0.25) is 0 Å². The number of rotatable bonds is 2. The Bertz CT molecular complexity index is 438. The van der Waals surface area contributed by atoms with Crippen LogP contribution in [0.25, 0.3) is 0 Å². The number of carbonyl (C=O) groups excluding carboxylic acids is 1. The number of piperidine rings is 1. The standard InChI is InChI=1S/C14H19NO3S/c1-17-12-8-14(18-9-12)3-5-15(6-4-14)13(16)11-2-7-19-10-11/h2,7,10,12H,3-6,8-9H2,1H3. The van der Waals surface area contributed by atoms with Crippen molar-refractivity contribution in [2.75, 3.05) is 26.8 Å². The predicted octanol–water partition coefficient (Wildman–Crippen LogP) is 2.16. The Morgan fingerprint density at radius 3 is 2.89 bits per heavy atom. The zero-order valence-electron chi connectivity index (χ0n) is 11.1. The summed E-state index contributed by atoms with van der Waals surface area (Å²) in [5.74, 6) is 0.150. The minimum atomic E-state index is -0.0495. The second kappa shape index (κ2) is 5.23. The lowest BCUT2D eigenvalue weighted by Crippen LogP contribution is -2.46. The lowest BCUT2D eigenvalue weighted by atomic mass is 9.88. The van der Waals surface area contributed by atoms with Crippen molar-refractivity contribution < 1.29 is 14.3 Å². The van der Waals surface area contributed by atoms with Crippen LogP contribution in [0.1, 0.15) is 29.6 Å². The molecule has 1 aromatic rings. The molecule has 19 heavy (non-hydrogen) atoms. The van der Waals surface area contributed by atoms with Gasteiger partial charge in [-0.3, -0.25) is 4.79 Å². The summed E-state index contributed by atoms with van der Waals surface area (Å²) in [6, 6.07) is 1.89. The average molecular weight is 281 g/mol. The Balaban J connectivity index is 1.59. The Morgan fingerprint density at radius 1 is 1.53 bits per heavy atom. The van der Waals surface area contributed by atoms with Crippen molar-refractivity contribution in [3.8, 4) is 0 Å². The third kappa shape index (κ3) is 2.55. The van der Waals surface area contributed by atoms with Gasteiger partial charge in [-0.15, -0.1) is 0 Å². The molecule has 1 amide bonds. The van der Waals surface area contributed by atoms with Gasteiger partial charge in [-0.1, -0.05) is 0 Å². The zero-order valence-corrected chi connectivity index (χ0v) is 11.9. The zero-order chi connectivity index (χ0) is 13.3. The van der Waals surface area contributed by atoms with Crippen molar-refractivity contribution >= 4 is 17.2 Å². The Hall–Kier alpha value is -0.910. The van der Waals surface area contributed by atoms with E-state index in [0.29, 0.717) is 6.61 Å². The number of hydrogen-bond acceptors (Lipinski definition) is 4. The van der Waals surface area contributed by atoms with Gasteiger partial charge in [-0.05, 0) is 24.3 Å². The molecule has 2 saturated heterocycles. The van der Waals surface area contributed by atoms with Crippen molar-refractivity contribution in [3.05, 3.63) is 22.4 Å². The van der Waals surface area contributed by atoms with E-state index in [1.165, 1.54) is 0 Å². The normalized spacial score (nSPS) is 25.9. The highest BCUT2D eigenvalue weighted by molar-refractivity contribution is 7.08. The SMILES string of the molecule is COC1COC2(CCN(C(=O)c3ccsc3)CC2)C1. The molecule has 1 spiro atoms. The molecule has 2 aliphatic heterocycles. The number of thiophene rings is 1. The van der Waals surface area contributed by atoms with Crippen molar-refractivity contribution in [1.29, 1.82) is 0 Å². The first kappa shape index (κ1) is 13.1. The topological polar surface area (TPSA) is 38.8 Å². The number of hydrogen-bond donors (Lipinski definition) is 0. The average Bonchev–Trinajstić information content (AvgIpc) is 3.09. The number of likely N-dealkylation sites (tertiary alicyclic amines) is 1. The summed E-state index contributed by atoms with van der Waals surface area (Å²) >= 11 is 1.57. The van der Waals surface area contributed by atoms with Gasteiger partial charge in [0.05, 0.1) is 23.9 Å². The van der Waals surface area contributed by atoms with E-state index in [1.54, 1.807) is 18.4 Å². The summed E-state index contributed by atoms with van der Waals surface area (Å²) in [5, 5.41) is 3.86. The maximum Gasteiger partial charge on any atom is 0.254 e. The monoisotopic (exact) mass is 281 g/mol. The Morgan fingerprint density at radius 2 is 2.32 bits per heavy atom. The van der Waals surface area contributed by atoms with Crippen LogP contribution in [0.15, 0.2) is 16.8 Å². The fourth-order valence-electron chi connectivity index (χ4n) is 2.99. The van der Waals surface area contributed by atoms with E-state index < -0.39 is 0 Å². The van der Waals surface area contributed by atoms with E-state index in [0.717, 1.165) is 37.9 Å². The van der Waals surface area contributed by atoms with Gasteiger partial charge >= 0.3 is 0 Å². The summed E-state index contributed by atoms with van der Waals surface area (Å²) in [6.07, 6.45) is 3.02. The minimum absolute atomic E-state index is 0.0495. The van der Waals surface area contributed by atoms with Gasteiger partial charge in [0.1, 0.15) is 0 Å². The van der Waals surface area contributed by atoms with Crippen LogP contribution in [0.3, 0.4) is 0 Å². The van der Waals surface area contributed by atoms with Crippen molar-refractivity contribution in [2.24, 2.45) is 0 Å². The number of amides is 1. The fourth-order valence-corrected chi connectivity index (χ4v) is 3.62. The summed E-state index contributed by atoms with van der Waals surface area (Å²) in [5.41, 5.74) is 0.759.